The zero-order valence-electron chi connectivity index (χ0n) is 12.4. The molecule has 5 nitrogen and oxygen atoms in total. The first kappa shape index (κ1) is 15.6. The van der Waals surface area contributed by atoms with E-state index in [-0.39, 0.29) is 11.7 Å². The van der Waals surface area contributed by atoms with Gasteiger partial charge in [-0.1, -0.05) is 42.1 Å². The maximum atomic E-state index is 10.8. The van der Waals surface area contributed by atoms with Gasteiger partial charge in [0.1, 0.15) is 15.7 Å². The number of nitrogens with zero attached hydrogens (tertiary/aromatic N) is 3. The molecule has 0 aliphatic carbocycles. The number of aromatic nitrogens is 3. The van der Waals surface area contributed by atoms with Crippen LogP contribution in [0, 0.1) is 6.92 Å². The lowest BCUT2D eigenvalue weighted by atomic mass is 10.2. The minimum absolute atomic E-state index is 0.200. The molecule has 0 aliphatic heterocycles. The van der Waals surface area contributed by atoms with Crippen molar-refractivity contribution in [3.8, 4) is 21.1 Å². The molecule has 2 aromatic heterocycles. The van der Waals surface area contributed by atoms with Gasteiger partial charge >= 0.3 is 0 Å². The van der Waals surface area contributed by atoms with Gasteiger partial charge in [0.05, 0.1) is 16.3 Å². The number of thiazole rings is 1. The van der Waals surface area contributed by atoms with Crippen molar-refractivity contribution in [2.75, 3.05) is 5.75 Å². The number of aryl methyl sites for hydroxylation is 1. The normalized spacial score (nSPS) is 10.7. The van der Waals surface area contributed by atoms with Crippen LogP contribution in [0.25, 0.3) is 21.1 Å². The highest BCUT2D eigenvalue weighted by Crippen LogP contribution is 2.34. The molecule has 3 aromatic rings. The first-order valence-corrected chi connectivity index (χ1v) is 8.72. The van der Waals surface area contributed by atoms with Crippen LogP contribution in [-0.2, 0) is 4.79 Å². The summed E-state index contributed by atoms with van der Waals surface area (Å²) in [5.74, 6) is -0.169. The van der Waals surface area contributed by atoms with Crippen molar-refractivity contribution >= 4 is 29.0 Å². The van der Waals surface area contributed by atoms with Gasteiger partial charge in [0, 0.05) is 5.56 Å². The number of hydrogen-bond acceptors (Lipinski definition) is 6. The summed E-state index contributed by atoms with van der Waals surface area (Å²) in [6.07, 6.45) is 0. The molecule has 0 radical (unpaired) electrons. The van der Waals surface area contributed by atoms with Crippen molar-refractivity contribution in [2.45, 2.75) is 11.9 Å². The first-order chi connectivity index (χ1) is 11.1. The van der Waals surface area contributed by atoms with E-state index in [0.717, 1.165) is 26.8 Å². The molecule has 2 N–H and O–H groups in total. The van der Waals surface area contributed by atoms with Crippen molar-refractivity contribution in [3.05, 3.63) is 48.2 Å². The monoisotopic (exact) mass is 342 g/mol. The fraction of sp³-hybridized carbons (Fsp3) is 0.125. The predicted molar refractivity (Wildman–Crippen MR) is 93.2 cm³/mol. The molecule has 1 amide bonds. The summed E-state index contributed by atoms with van der Waals surface area (Å²) >= 11 is 2.87. The molecule has 0 atom stereocenters. The van der Waals surface area contributed by atoms with E-state index in [1.807, 2.05) is 49.4 Å². The number of nitrogens with two attached hydrogens (primary N) is 1. The Morgan fingerprint density at radius 3 is 2.61 bits per heavy atom. The van der Waals surface area contributed by atoms with E-state index in [2.05, 4.69) is 15.2 Å². The van der Waals surface area contributed by atoms with Crippen molar-refractivity contribution in [1.29, 1.82) is 0 Å². The van der Waals surface area contributed by atoms with Crippen molar-refractivity contribution in [3.63, 3.8) is 0 Å². The van der Waals surface area contributed by atoms with Gasteiger partial charge in [0.15, 0.2) is 0 Å². The van der Waals surface area contributed by atoms with Crippen LogP contribution in [0.1, 0.15) is 5.69 Å². The molecular formula is C16H14N4OS2. The summed E-state index contributed by atoms with van der Waals surface area (Å²) in [4.78, 5) is 16.4. The van der Waals surface area contributed by atoms with Gasteiger partial charge in [-0.3, -0.25) is 4.79 Å². The fourth-order valence-electron chi connectivity index (χ4n) is 2.00. The van der Waals surface area contributed by atoms with Crippen LogP contribution < -0.4 is 5.73 Å². The number of hydrogen-bond donors (Lipinski definition) is 1. The van der Waals surface area contributed by atoms with Gasteiger partial charge in [-0.25, -0.2) is 4.98 Å². The molecular weight excluding hydrogens is 328 g/mol. The number of amides is 1. The van der Waals surface area contributed by atoms with Crippen LogP contribution in [0.15, 0.2) is 47.5 Å². The van der Waals surface area contributed by atoms with Crippen LogP contribution in [0.3, 0.4) is 0 Å². The SMILES string of the molecule is Cc1nc(-c2ccccc2)sc1-c1ccc(SCC(N)=O)nn1. The van der Waals surface area contributed by atoms with Crippen LogP contribution >= 0.6 is 23.1 Å². The molecule has 0 unspecified atom stereocenters. The van der Waals surface area contributed by atoms with Gasteiger partial charge in [-0.2, -0.15) is 0 Å². The average Bonchev–Trinajstić information content (AvgIpc) is 2.96. The zero-order valence-corrected chi connectivity index (χ0v) is 14.0. The second kappa shape index (κ2) is 6.89. The summed E-state index contributed by atoms with van der Waals surface area (Å²) in [6.45, 7) is 1.97. The van der Waals surface area contributed by atoms with E-state index in [1.54, 1.807) is 11.3 Å². The topological polar surface area (TPSA) is 81.8 Å². The smallest absolute Gasteiger partial charge is 0.227 e. The quantitative estimate of drug-likeness (QED) is 0.720. The van der Waals surface area contributed by atoms with E-state index < -0.39 is 0 Å². The molecule has 1 aromatic carbocycles. The summed E-state index contributed by atoms with van der Waals surface area (Å²) in [7, 11) is 0. The third-order valence-corrected chi connectivity index (χ3v) is 5.22. The molecule has 0 spiro atoms. The molecule has 23 heavy (non-hydrogen) atoms. The Balaban J connectivity index is 1.84. The molecule has 2 heterocycles. The summed E-state index contributed by atoms with van der Waals surface area (Å²) in [5, 5.41) is 10.0. The minimum atomic E-state index is -0.369. The first-order valence-electron chi connectivity index (χ1n) is 6.91. The molecule has 116 valence electrons. The number of thioether (sulfide) groups is 1. The Hall–Kier alpha value is -2.25. The highest BCUT2D eigenvalue weighted by Gasteiger charge is 2.13. The number of primary amides is 1. The third-order valence-electron chi connectivity index (χ3n) is 3.05. The lowest BCUT2D eigenvalue weighted by Gasteiger charge is -1.99. The van der Waals surface area contributed by atoms with Crippen molar-refractivity contribution in [1.82, 2.24) is 15.2 Å². The number of rotatable bonds is 5. The van der Waals surface area contributed by atoms with Crippen LogP contribution in [0.5, 0.6) is 0 Å². The van der Waals surface area contributed by atoms with E-state index in [9.17, 15) is 4.79 Å². The van der Waals surface area contributed by atoms with Gasteiger partial charge in [-0.05, 0) is 19.1 Å². The Morgan fingerprint density at radius 1 is 1.17 bits per heavy atom. The Bertz CT molecular complexity index is 816. The van der Waals surface area contributed by atoms with E-state index in [0.29, 0.717) is 5.03 Å². The van der Waals surface area contributed by atoms with E-state index >= 15 is 0 Å². The number of benzene rings is 1. The van der Waals surface area contributed by atoms with E-state index in [1.165, 1.54) is 11.8 Å². The maximum absolute atomic E-state index is 10.8. The number of carbonyl (C=O) groups excluding carboxylic acids is 1. The van der Waals surface area contributed by atoms with Crippen LogP contribution in [0.2, 0.25) is 0 Å². The standard InChI is InChI=1S/C16H14N4OS2/c1-10-15(23-16(18-10)11-5-3-2-4-6-11)12-7-8-14(20-19-12)22-9-13(17)21/h2-8H,9H2,1H3,(H2,17,21). The summed E-state index contributed by atoms with van der Waals surface area (Å²) in [6, 6.07) is 13.8. The molecule has 0 saturated carbocycles. The van der Waals surface area contributed by atoms with Crippen molar-refractivity contribution in [2.24, 2.45) is 5.73 Å². The zero-order chi connectivity index (χ0) is 16.2. The average molecular weight is 342 g/mol. The molecule has 7 heteroatoms. The van der Waals surface area contributed by atoms with Gasteiger partial charge in [-0.15, -0.1) is 21.5 Å². The predicted octanol–water partition coefficient (Wildman–Crippen LogP) is 3.15. The van der Waals surface area contributed by atoms with Gasteiger partial charge in [0.2, 0.25) is 5.91 Å². The third kappa shape index (κ3) is 3.75. The lowest BCUT2D eigenvalue weighted by Crippen LogP contribution is -2.13. The second-order valence-corrected chi connectivity index (χ2v) is 6.81. The number of carbonyl (C=O) groups is 1. The Kier molecular flexibility index (Phi) is 4.68. The maximum Gasteiger partial charge on any atom is 0.227 e. The lowest BCUT2D eigenvalue weighted by molar-refractivity contribution is -0.115. The summed E-state index contributed by atoms with van der Waals surface area (Å²) < 4.78 is 0. The fourth-order valence-corrected chi connectivity index (χ4v) is 3.59. The molecule has 0 bridgehead atoms. The highest BCUT2D eigenvalue weighted by atomic mass is 32.2. The van der Waals surface area contributed by atoms with Crippen LogP contribution in [-0.4, -0.2) is 26.8 Å². The van der Waals surface area contributed by atoms with Crippen molar-refractivity contribution < 1.29 is 4.79 Å². The highest BCUT2D eigenvalue weighted by molar-refractivity contribution is 7.99. The molecule has 0 fully saturated rings. The summed E-state index contributed by atoms with van der Waals surface area (Å²) in [5.41, 5.74) is 7.93. The van der Waals surface area contributed by atoms with Gasteiger partial charge < -0.3 is 5.73 Å². The second-order valence-electron chi connectivity index (χ2n) is 4.81. The Morgan fingerprint density at radius 2 is 1.96 bits per heavy atom. The molecule has 0 aliphatic rings. The van der Waals surface area contributed by atoms with E-state index in [4.69, 9.17) is 5.73 Å². The molecule has 0 saturated heterocycles. The van der Waals surface area contributed by atoms with Gasteiger partial charge in [0.25, 0.3) is 0 Å². The van der Waals surface area contributed by atoms with Crippen LogP contribution in [0.4, 0.5) is 0 Å². The Labute approximate surface area is 142 Å². The molecule has 3 rings (SSSR count). The minimum Gasteiger partial charge on any atom is -0.369 e. The largest absolute Gasteiger partial charge is 0.369 e.